The molecule has 0 saturated carbocycles. The lowest BCUT2D eigenvalue weighted by Gasteiger charge is -2.21. The highest BCUT2D eigenvalue weighted by atomic mass is 14.9. The summed E-state index contributed by atoms with van der Waals surface area (Å²) in [6.07, 6.45) is 2.27. The number of hydrogen-bond acceptors (Lipinski definition) is 4. The van der Waals surface area contributed by atoms with Crippen molar-refractivity contribution in [2.24, 2.45) is 0 Å². The molecule has 1 aliphatic heterocycles. The van der Waals surface area contributed by atoms with Gasteiger partial charge in [-0.15, -0.1) is 0 Å². The molecule has 3 aromatic heterocycles. The van der Waals surface area contributed by atoms with Gasteiger partial charge in [0.25, 0.3) is 0 Å². The quantitative estimate of drug-likeness (QED) is 0.173. The van der Waals surface area contributed by atoms with Gasteiger partial charge < -0.3 is 5.32 Å². The Morgan fingerprint density at radius 1 is 0.379 bits per heavy atom. The number of rotatable bonds is 6. The lowest BCUT2D eigenvalue weighted by molar-refractivity contribution is 0.880. The number of pyridine rings is 3. The van der Waals surface area contributed by atoms with Crippen LogP contribution in [0.15, 0.2) is 194 Å². The monoisotopic (exact) mass is 740 g/mol. The second kappa shape index (κ2) is 14.1. The van der Waals surface area contributed by atoms with E-state index in [-0.39, 0.29) is 0 Å². The van der Waals surface area contributed by atoms with Crippen molar-refractivity contribution in [2.45, 2.75) is 6.54 Å². The van der Waals surface area contributed by atoms with Crippen molar-refractivity contribution in [3.63, 3.8) is 0 Å². The number of benzene rings is 7. The Kier molecular flexibility index (Phi) is 8.18. The molecular formula is C54H36N4. The first kappa shape index (κ1) is 33.6. The van der Waals surface area contributed by atoms with Crippen LogP contribution in [0.5, 0.6) is 0 Å². The zero-order chi connectivity index (χ0) is 38.4. The van der Waals surface area contributed by atoms with Crippen molar-refractivity contribution in [1.29, 1.82) is 0 Å². The Labute approximate surface area is 336 Å². The number of hydrogen-bond donors (Lipinski definition) is 1. The maximum atomic E-state index is 5.51. The minimum Gasteiger partial charge on any atom is -0.380 e. The van der Waals surface area contributed by atoms with Gasteiger partial charge in [-0.3, -0.25) is 0 Å². The van der Waals surface area contributed by atoms with Crippen molar-refractivity contribution in [3.8, 4) is 56.0 Å². The van der Waals surface area contributed by atoms with Crippen molar-refractivity contribution in [2.75, 3.05) is 0 Å². The molecule has 0 radical (unpaired) electrons. The zero-order valence-electron chi connectivity index (χ0n) is 31.6. The summed E-state index contributed by atoms with van der Waals surface area (Å²) in [6.45, 7) is 0.750. The van der Waals surface area contributed by atoms with E-state index in [1.807, 2.05) is 12.1 Å². The first-order valence-electron chi connectivity index (χ1n) is 19.7. The van der Waals surface area contributed by atoms with E-state index in [1.54, 1.807) is 0 Å². The molecule has 0 unspecified atom stereocenters. The summed E-state index contributed by atoms with van der Waals surface area (Å²) >= 11 is 0. The molecule has 4 nitrogen and oxygen atoms in total. The molecule has 0 fully saturated rings. The number of para-hydroxylation sites is 1. The fourth-order valence-corrected chi connectivity index (χ4v) is 8.26. The van der Waals surface area contributed by atoms with Crippen LogP contribution in [0.2, 0.25) is 0 Å². The Hall–Kier alpha value is -7.69. The molecule has 0 bridgehead atoms. The van der Waals surface area contributed by atoms with E-state index in [0.29, 0.717) is 0 Å². The summed E-state index contributed by atoms with van der Waals surface area (Å²) in [5.41, 5.74) is 17.8. The lowest BCUT2D eigenvalue weighted by atomic mass is 9.94. The Bertz CT molecular complexity index is 3190. The summed E-state index contributed by atoms with van der Waals surface area (Å²) in [5, 5.41) is 6.91. The van der Waals surface area contributed by atoms with E-state index in [9.17, 15) is 0 Å². The Balaban J connectivity index is 1.16. The Morgan fingerprint density at radius 3 is 1.55 bits per heavy atom. The predicted octanol–water partition coefficient (Wildman–Crippen LogP) is 13.3. The smallest absolute Gasteiger partial charge is 0.0979 e. The number of nitrogens with zero attached hydrogens (tertiary/aromatic N) is 3. The summed E-state index contributed by atoms with van der Waals surface area (Å²) < 4.78 is 0. The number of aromatic nitrogens is 3. The maximum Gasteiger partial charge on any atom is 0.0979 e. The molecule has 10 aromatic rings. The Morgan fingerprint density at radius 2 is 0.897 bits per heavy atom. The fraction of sp³-hybridized carbons (Fsp3) is 0.0185. The molecule has 272 valence electrons. The van der Waals surface area contributed by atoms with Crippen LogP contribution < -0.4 is 5.32 Å². The maximum absolute atomic E-state index is 5.51. The molecule has 1 aliphatic rings. The number of nitrogens with one attached hydrogen (secondary N) is 1. The van der Waals surface area contributed by atoms with Crippen LogP contribution in [-0.4, -0.2) is 15.0 Å². The predicted molar refractivity (Wildman–Crippen MR) is 241 cm³/mol. The minimum atomic E-state index is 0.750. The first-order valence-corrected chi connectivity index (χ1v) is 19.7. The van der Waals surface area contributed by atoms with E-state index < -0.39 is 0 Å². The van der Waals surface area contributed by atoms with Crippen molar-refractivity contribution in [1.82, 2.24) is 20.3 Å². The normalized spacial score (nSPS) is 12.3. The summed E-state index contributed by atoms with van der Waals surface area (Å²) in [5.74, 6) is 0. The second-order valence-electron chi connectivity index (χ2n) is 14.9. The minimum absolute atomic E-state index is 0.750. The summed E-state index contributed by atoms with van der Waals surface area (Å²) in [6, 6.07) is 68.4. The van der Waals surface area contributed by atoms with Gasteiger partial charge in [0.1, 0.15) is 0 Å². The molecule has 0 aliphatic carbocycles. The van der Waals surface area contributed by atoms with Crippen LogP contribution in [0.25, 0.3) is 101 Å². The molecule has 4 heteroatoms. The van der Waals surface area contributed by atoms with Gasteiger partial charge in [0.05, 0.1) is 33.6 Å². The summed E-state index contributed by atoms with van der Waals surface area (Å²) in [7, 11) is 0. The topological polar surface area (TPSA) is 50.7 Å². The van der Waals surface area contributed by atoms with Crippen LogP contribution in [0.4, 0.5) is 0 Å². The molecule has 58 heavy (non-hydrogen) atoms. The fourth-order valence-electron chi connectivity index (χ4n) is 8.26. The van der Waals surface area contributed by atoms with Gasteiger partial charge in [-0.2, -0.15) is 0 Å². The molecule has 1 N–H and O–H groups in total. The standard InChI is InChI=1S/C54H36N4/c1-3-11-35(12-4-1)37-19-23-40(24-20-37)50-32-46(49-30-27-39-15-9-10-18-48(39)56-49)44-28-29-45-47(52-31-42-16-7-8-17-43(42)34-55-52)33-51(58-54(45)53(44)57-50)41-25-21-38(22-26-41)36-13-5-2-6-14-36/h1-33,55H,34H2. The SMILES string of the molecule is C1=C(c2cc(-c3ccc(-c4ccccc4)cc3)nc3c2ccc2c(-c4ccc5ccccc5n4)cc(-c4ccc(-c5ccccc5)cc4)nc23)NCc2ccccc21. The van der Waals surface area contributed by atoms with E-state index in [2.05, 4.69) is 193 Å². The third kappa shape index (κ3) is 6.08. The average Bonchev–Trinajstić information content (AvgIpc) is 3.31. The van der Waals surface area contributed by atoms with E-state index in [0.717, 1.165) is 89.8 Å². The highest BCUT2D eigenvalue weighted by molar-refractivity contribution is 6.13. The second-order valence-corrected chi connectivity index (χ2v) is 14.9. The first-order chi connectivity index (χ1) is 28.7. The van der Waals surface area contributed by atoms with Gasteiger partial charge in [-0.1, -0.05) is 170 Å². The van der Waals surface area contributed by atoms with Crippen LogP contribution in [0.3, 0.4) is 0 Å². The molecule has 11 rings (SSSR count). The average molecular weight is 741 g/mol. The molecule has 4 heterocycles. The van der Waals surface area contributed by atoms with Gasteiger partial charge in [0, 0.05) is 50.7 Å². The summed E-state index contributed by atoms with van der Waals surface area (Å²) in [4.78, 5) is 16.2. The third-order valence-electron chi connectivity index (χ3n) is 11.3. The molecular weight excluding hydrogens is 705 g/mol. The van der Waals surface area contributed by atoms with Gasteiger partial charge in [-0.05, 0) is 63.7 Å². The van der Waals surface area contributed by atoms with Crippen molar-refractivity contribution in [3.05, 3.63) is 211 Å². The molecule has 0 atom stereocenters. The molecule has 0 saturated heterocycles. The van der Waals surface area contributed by atoms with Crippen molar-refractivity contribution < 1.29 is 0 Å². The molecule has 0 spiro atoms. The van der Waals surface area contributed by atoms with Crippen molar-refractivity contribution >= 4 is 44.5 Å². The molecule has 0 amide bonds. The van der Waals surface area contributed by atoms with Gasteiger partial charge in [0.15, 0.2) is 0 Å². The van der Waals surface area contributed by atoms with Gasteiger partial charge in [0.2, 0.25) is 0 Å². The highest BCUT2D eigenvalue weighted by Crippen LogP contribution is 2.39. The zero-order valence-corrected chi connectivity index (χ0v) is 31.6. The van der Waals surface area contributed by atoms with Crippen LogP contribution in [0.1, 0.15) is 16.7 Å². The molecule has 7 aromatic carbocycles. The van der Waals surface area contributed by atoms with Crippen LogP contribution >= 0.6 is 0 Å². The highest BCUT2D eigenvalue weighted by Gasteiger charge is 2.20. The third-order valence-corrected chi connectivity index (χ3v) is 11.3. The van der Waals surface area contributed by atoms with E-state index in [1.165, 1.54) is 27.8 Å². The van der Waals surface area contributed by atoms with Crippen LogP contribution in [-0.2, 0) is 6.54 Å². The van der Waals surface area contributed by atoms with E-state index >= 15 is 0 Å². The number of fused-ring (bicyclic) bond motifs is 5. The van der Waals surface area contributed by atoms with E-state index in [4.69, 9.17) is 15.0 Å². The van der Waals surface area contributed by atoms with Gasteiger partial charge in [-0.25, -0.2) is 15.0 Å². The van der Waals surface area contributed by atoms with Gasteiger partial charge >= 0.3 is 0 Å². The van der Waals surface area contributed by atoms with Crippen LogP contribution in [0, 0.1) is 0 Å². The largest absolute Gasteiger partial charge is 0.380 e. The lowest BCUT2D eigenvalue weighted by Crippen LogP contribution is -2.17.